The molecule has 9 heteroatoms. The molecule has 28 heavy (non-hydrogen) atoms. The van der Waals surface area contributed by atoms with Crippen LogP contribution in [-0.4, -0.2) is 96.0 Å². The molecule has 0 bridgehead atoms. The molecule has 2 aliphatic rings. The normalized spacial score (nSPS) is 21.2. The number of nitrogens with zero attached hydrogens (tertiary/aromatic N) is 6. The summed E-state index contributed by atoms with van der Waals surface area (Å²) in [7, 11) is -1.30. The Hall–Kier alpha value is -1.78. The van der Waals surface area contributed by atoms with Gasteiger partial charge in [0, 0.05) is 71.3 Å². The highest BCUT2D eigenvalue weighted by molar-refractivity contribution is 7.86. The number of rotatable bonds is 5. The Morgan fingerprint density at radius 3 is 2.07 bits per heavy atom. The number of likely N-dealkylation sites (N-methyl/N-ethyl adjacent to an activating group) is 1. The molecule has 2 aromatic rings. The molecule has 0 unspecified atom stereocenters. The SMILES string of the molecule is CN1CCN(S(=O)(=O)N2CCN(Cc3ccc(-n4cccn4)cc3)CC2)CC1. The molecule has 4 rings (SSSR count). The number of benzene rings is 1. The molecule has 0 spiro atoms. The summed E-state index contributed by atoms with van der Waals surface area (Å²) >= 11 is 0. The van der Waals surface area contributed by atoms with Crippen LogP contribution in [0.3, 0.4) is 0 Å². The summed E-state index contributed by atoms with van der Waals surface area (Å²) in [6, 6.07) is 10.3. The smallest absolute Gasteiger partial charge is 0.282 e. The standard InChI is InChI=1S/C19H28N6O2S/c1-21-9-13-23(14-10-21)28(26,27)24-15-11-22(12-16-24)17-18-3-5-19(6-4-18)25-8-2-7-20-25/h2-8H,9-17H2,1H3. The van der Waals surface area contributed by atoms with Crippen LogP contribution in [0.15, 0.2) is 42.7 Å². The molecule has 8 nitrogen and oxygen atoms in total. The van der Waals surface area contributed by atoms with Crippen molar-refractivity contribution in [1.29, 1.82) is 0 Å². The fourth-order valence-electron chi connectivity index (χ4n) is 3.73. The monoisotopic (exact) mass is 404 g/mol. The first-order valence-electron chi connectivity index (χ1n) is 9.77. The molecule has 0 N–H and O–H groups in total. The molecular formula is C19H28N6O2S. The average Bonchev–Trinajstić information content (AvgIpc) is 3.24. The summed E-state index contributed by atoms with van der Waals surface area (Å²) in [5.41, 5.74) is 2.27. The van der Waals surface area contributed by atoms with Crippen molar-refractivity contribution in [3.63, 3.8) is 0 Å². The topological polar surface area (TPSA) is 64.9 Å². The van der Waals surface area contributed by atoms with Crippen molar-refractivity contribution in [1.82, 2.24) is 28.2 Å². The highest BCUT2D eigenvalue weighted by Crippen LogP contribution is 2.16. The molecule has 1 aromatic heterocycles. The van der Waals surface area contributed by atoms with Crippen LogP contribution in [0.1, 0.15) is 5.56 Å². The van der Waals surface area contributed by atoms with E-state index in [4.69, 9.17) is 0 Å². The molecule has 0 amide bonds. The van der Waals surface area contributed by atoms with Gasteiger partial charge < -0.3 is 4.90 Å². The largest absolute Gasteiger partial charge is 0.304 e. The molecule has 0 saturated carbocycles. The zero-order chi connectivity index (χ0) is 19.6. The summed E-state index contributed by atoms with van der Waals surface area (Å²) < 4.78 is 30.9. The molecule has 0 radical (unpaired) electrons. The van der Waals surface area contributed by atoms with Gasteiger partial charge in [-0.15, -0.1) is 0 Å². The van der Waals surface area contributed by atoms with Crippen LogP contribution < -0.4 is 0 Å². The van der Waals surface area contributed by atoms with E-state index in [0.29, 0.717) is 26.2 Å². The Morgan fingerprint density at radius 1 is 0.893 bits per heavy atom. The molecule has 2 aliphatic heterocycles. The third-order valence-electron chi connectivity index (χ3n) is 5.56. The van der Waals surface area contributed by atoms with Crippen molar-refractivity contribution in [3.05, 3.63) is 48.3 Å². The number of hydrogen-bond acceptors (Lipinski definition) is 5. The van der Waals surface area contributed by atoms with Crippen molar-refractivity contribution in [2.75, 3.05) is 59.4 Å². The van der Waals surface area contributed by atoms with Crippen LogP contribution in [0, 0.1) is 0 Å². The minimum atomic E-state index is -3.33. The third-order valence-corrected chi connectivity index (χ3v) is 7.59. The summed E-state index contributed by atoms with van der Waals surface area (Å²) in [5.74, 6) is 0. The van der Waals surface area contributed by atoms with Crippen molar-refractivity contribution < 1.29 is 8.42 Å². The van der Waals surface area contributed by atoms with Gasteiger partial charge >= 0.3 is 0 Å². The van der Waals surface area contributed by atoms with Crippen LogP contribution in [0.5, 0.6) is 0 Å². The predicted octanol–water partition coefficient (Wildman–Crippen LogP) is 0.482. The van der Waals surface area contributed by atoms with Gasteiger partial charge in [0.15, 0.2) is 0 Å². The lowest BCUT2D eigenvalue weighted by molar-refractivity contribution is 0.165. The highest BCUT2D eigenvalue weighted by Gasteiger charge is 2.33. The van der Waals surface area contributed by atoms with E-state index in [1.165, 1.54) is 5.56 Å². The first-order valence-corrected chi connectivity index (χ1v) is 11.2. The Bertz CT molecular complexity index is 852. The van der Waals surface area contributed by atoms with Crippen LogP contribution in [0.25, 0.3) is 5.69 Å². The lowest BCUT2D eigenvalue weighted by Gasteiger charge is -2.39. The van der Waals surface area contributed by atoms with E-state index in [-0.39, 0.29) is 0 Å². The molecule has 2 fully saturated rings. The lowest BCUT2D eigenvalue weighted by Crippen LogP contribution is -2.56. The molecule has 3 heterocycles. The number of hydrogen-bond donors (Lipinski definition) is 0. The van der Waals surface area contributed by atoms with E-state index >= 15 is 0 Å². The second-order valence-electron chi connectivity index (χ2n) is 7.50. The Kier molecular flexibility index (Phi) is 5.79. The van der Waals surface area contributed by atoms with Gasteiger partial charge in [-0.1, -0.05) is 12.1 Å². The van der Waals surface area contributed by atoms with Gasteiger partial charge in [0.1, 0.15) is 0 Å². The van der Waals surface area contributed by atoms with Gasteiger partial charge in [-0.3, -0.25) is 4.90 Å². The molecule has 1 aromatic carbocycles. The minimum Gasteiger partial charge on any atom is -0.304 e. The quantitative estimate of drug-likeness (QED) is 0.725. The van der Waals surface area contributed by atoms with Gasteiger partial charge in [0.05, 0.1) is 5.69 Å². The van der Waals surface area contributed by atoms with Crippen molar-refractivity contribution >= 4 is 10.2 Å². The van der Waals surface area contributed by atoms with Crippen molar-refractivity contribution in [3.8, 4) is 5.69 Å². The van der Waals surface area contributed by atoms with Gasteiger partial charge in [-0.05, 0) is 30.8 Å². The van der Waals surface area contributed by atoms with Gasteiger partial charge in [0.25, 0.3) is 10.2 Å². The number of piperazine rings is 2. The fraction of sp³-hybridized carbons (Fsp3) is 0.526. The Morgan fingerprint density at radius 2 is 1.50 bits per heavy atom. The molecule has 0 aliphatic carbocycles. The first-order chi connectivity index (χ1) is 13.5. The van der Waals surface area contributed by atoms with Crippen molar-refractivity contribution in [2.45, 2.75) is 6.54 Å². The first kappa shape index (κ1) is 19.5. The zero-order valence-corrected chi connectivity index (χ0v) is 17.1. The van der Waals surface area contributed by atoms with E-state index in [1.54, 1.807) is 14.8 Å². The molecule has 0 atom stereocenters. The van der Waals surface area contributed by atoms with Crippen LogP contribution in [0.4, 0.5) is 0 Å². The zero-order valence-electron chi connectivity index (χ0n) is 16.3. The van der Waals surface area contributed by atoms with E-state index in [1.807, 2.05) is 24.0 Å². The predicted molar refractivity (Wildman–Crippen MR) is 108 cm³/mol. The molecule has 152 valence electrons. The molecule has 2 saturated heterocycles. The van der Waals surface area contributed by atoms with Gasteiger partial charge in [-0.2, -0.15) is 22.1 Å². The van der Waals surface area contributed by atoms with Gasteiger partial charge in [0.2, 0.25) is 0 Å². The fourth-order valence-corrected chi connectivity index (χ4v) is 5.31. The third kappa shape index (κ3) is 4.28. The lowest BCUT2D eigenvalue weighted by atomic mass is 10.2. The maximum Gasteiger partial charge on any atom is 0.282 e. The van der Waals surface area contributed by atoms with Crippen LogP contribution in [0.2, 0.25) is 0 Å². The summed E-state index contributed by atoms with van der Waals surface area (Å²) in [5, 5.41) is 4.24. The second-order valence-corrected chi connectivity index (χ2v) is 9.43. The van der Waals surface area contributed by atoms with E-state index in [2.05, 4.69) is 39.2 Å². The average molecular weight is 405 g/mol. The van der Waals surface area contributed by atoms with E-state index < -0.39 is 10.2 Å². The van der Waals surface area contributed by atoms with E-state index in [0.717, 1.165) is 38.4 Å². The minimum absolute atomic E-state index is 0.556. The summed E-state index contributed by atoms with van der Waals surface area (Å²) in [6.07, 6.45) is 3.69. The van der Waals surface area contributed by atoms with Crippen LogP contribution >= 0.6 is 0 Å². The van der Waals surface area contributed by atoms with Crippen LogP contribution in [-0.2, 0) is 16.8 Å². The van der Waals surface area contributed by atoms with E-state index in [9.17, 15) is 8.42 Å². The summed E-state index contributed by atoms with van der Waals surface area (Å²) in [6.45, 7) is 6.23. The maximum atomic E-state index is 12.9. The molecular weight excluding hydrogens is 376 g/mol. The highest BCUT2D eigenvalue weighted by atomic mass is 32.2. The summed E-state index contributed by atoms with van der Waals surface area (Å²) in [4.78, 5) is 4.49. The van der Waals surface area contributed by atoms with Crippen molar-refractivity contribution in [2.24, 2.45) is 0 Å². The Balaban J connectivity index is 1.30. The van der Waals surface area contributed by atoms with Gasteiger partial charge in [-0.25, -0.2) is 4.68 Å². The Labute approximate surface area is 167 Å². The maximum absolute atomic E-state index is 12.9. The second kappa shape index (κ2) is 8.30. The number of aromatic nitrogens is 2.